The first-order chi connectivity index (χ1) is 6.95. The molecule has 5 heteroatoms. The Morgan fingerprint density at radius 3 is 2.40 bits per heavy atom. The van der Waals surface area contributed by atoms with Crippen molar-refractivity contribution in [3.05, 3.63) is 0 Å². The van der Waals surface area contributed by atoms with E-state index in [1.54, 1.807) is 0 Å². The lowest BCUT2D eigenvalue weighted by atomic mass is 10.0. The lowest BCUT2D eigenvalue weighted by Crippen LogP contribution is -2.25. The van der Waals surface area contributed by atoms with Crippen LogP contribution in [0.2, 0.25) is 0 Å². The summed E-state index contributed by atoms with van der Waals surface area (Å²) in [4.78, 5) is 0. The Morgan fingerprint density at radius 2 is 1.93 bits per heavy atom. The van der Waals surface area contributed by atoms with Gasteiger partial charge in [0.1, 0.15) is 23.0 Å². The molecule has 0 aliphatic heterocycles. The zero-order valence-corrected chi connectivity index (χ0v) is 13.9. The minimum atomic E-state index is -0.181. The van der Waals surface area contributed by atoms with Crippen LogP contribution < -0.4 is 0 Å². The van der Waals surface area contributed by atoms with Gasteiger partial charge < -0.3 is 8.17 Å². The highest BCUT2D eigenvalue weighted by Crippen LogP contribution is 2.14. The fourth-order valence-corrected chi connectivity index (χ4v) is 2.45. The van der Waals surface area contributed by atoms with Gasteiger partial charge >= 0.3 is 0 Å². The Morgan fingerprint density at radius 1 is 1.33 bits per heavy atom. The standard InChI is InChI=1S/C10H21I2NO2/c1-8(6-9(2)14)4-5-13(11)7-10(3)15-12/h8-10,14H,4-7H2,1-3H3/t8?,9-,10-/m1/s1. The Kier molecular flexibility index (Phi) is 10.2. The number of nitrogens with zero attached hydrogens (tertiary/aromatic N) is 1. The zero-order chi connectivity index (χ0) is 11.8. The van der Waals surface area contributed by atoms with Gasteiger partial charge in [-0.25, -0.2) is 3.11 Å². The number of halogens is 2. The van der Waals surface area contributed by atoms with Crippen LogP contribution in [0.25, 0.3) is 0 Å². The molecular formula is C10H21I2NO2. The minimum Gasteiger partial charge on any atom is -0.393 e. The molecule has 0 heterocycles. The van der Waals surface area contributed by atoms with Gasteiger partial charge in [-0.2, -0.15) is 0 Å². The summed E-state index contributed by atoms with van der Waals surface area (Å²) in [6.07, 6.45) is 2.11. The Hall–Kier alpha value is 1.34. The molecule has 0 aliphatic rings. The van der Waals surface area contributed by atoms with Gasteiger partial charge in [-0.3, -0.25) is 0 Å². The highest BCUT2D eigenvalue weighted by Gasteiger charge is 2.10. The first-order valence-electron chi connectivity index (χ1n) is 5.31. The first-order valence-corrected chi connectivity index (χ1v) is 7.16. The van der Waals surface area contributed by atoms with Crippen LogP contribution in [-0.2, 0) is 3.07 Å². The summed E-state index contributed by atoms with van der Waals surface area (Å²) in [6, 6.07) is 0. The van der Waals surface area contributed by atoms with Crippen molar-refractivity contribution in [2.24, 2.45) is 5.92 Å². The smallest absolute Gasteiger partial charge is 0.110 e. The van der Waals surface area contributed by atoms with E-state index in [4.69, 9.17) is 3.07 Å². The van der Waals surface area contributed by atoms with Crippen LogP contribution in [-0.4, -0.2) is 33.5 Å². The van der Waals surface area contributed by atoms with E-state index in [1.165, 1.54) is 0 Å². The maximum absolute atomic E-state index is 9.24. The van der Waals surface area contributed by atoms with Crippen LogP contribution >= 0.6 is 45.9 Å². The van der Waals surface area contributed by atoms with E-state index >= 15 is 0 Å². The van der Waals surface area contributed by atoms with Gasteiger partial charge in [-0.15, -0.1) is 0 Å². The molecule has 0 aliphatic carbocycles. The van der Waals surface area contributed by atoms with Crippen LogP contribution in [0, 0.1) is 5.92 Å². The van der Waals surface area contributed by atoms with Gasteiger partial charge in [0, 0.05) is 36.0 Å². The first kappa shape index (κ1) is 16.3. The summed E-state index contributed by atoms with van der Waals surface area (Å²) in [5, 5.41) is 9.24. The molecule has 0 fully saturated rings. The summed E-state index contributed by atoms with van der Waals surface area (Å²) in [6.45, 7) is 8.11. The third kappa shape index (κ3) is 10.2. The summed E-state index contributed by atoms with van der Waals surface area (Å²) in [5.74, 6) is 0.582. The molecule has 0 rings (SSSR count). The largest absolute Gasteiger partial charge is 0.393 e. The molecule has 1 unspecified atom stereocenters. The molecule has 0 amide bonds. The van der Waals surface area contributed by atoms with Crippen molar-refractivity contribution >= 4 is 45.9 Å². The summed E-state index contributed by atoms with van der Waals surface area (Å²) in [7, 11) is 0. The third-order valence-electron chi connectivity index (χ3n) is 2.22. The number of hydrogen-bond donors (Lipinski definition) is 1. The normalized spacial score (nSPS) is 17.8. The highest BCUT2D eigenvalue weighted by atomic mass is 127. The molecule has 0 saturated carbocycles. The molecule has 0 radical (unpaired) electrons. The number of hydrogen-bond acceptors (Lipinski definition) is 3. The third-order valence-corrected chi connectivity index (χ3v) is 3.96. The number of aliphatic hydroxyl groups excluding tert-OH is 1. The predicted octanol–water partition coefficient (Wildman–Crippen LogP) is 3.19. The van der Waals surface area contributed by atoms with E-state index in [2.05, 4.69) is 39.8 Å². The minimum absolute atomic E-state index is 0.181. The molecule has 15 heavy (non-hydrogen) atoms. The van der Waals surface area contributed by atoms with Crippen molar-refractivity contribution < 1.29 is 8.17 Å². The van der Waals surface area contributed by atoms with Crippen molar-refractivity contribution in [2.75, 3.05) is 13.1 Å². The topological polar surface area (TPSA) is 32.7 Å². The van der Waals surface area contributed by atoms with Gasteiger partial charge in [0.2, 0.25) is 0 Å². The maximum Gasteiger partial charge on any atom is 0.110 e. The lowest BCUT2D eigenvalue weighted by molar-refractivity contribution is 0.159. The van der Waals surface area contributed by atoms with Crippen LogP contribution in [0.4, 0.5) is 0 Å². The SMILES string of the molecule is CC(CCN(I)C[C@@H](C)OI)C[C@@H](C)O. The monoisotopic (exact) mass is 441 g/mol. The Balaban J connectivity index is 3.56. The molecular weight excluding hydrogens is 420 g/mol. The van der Waals surface area contributed by atoms with Crippen LogP contribution in [0.5, 0.6) is 0 Å². The number of rotatable bonds is 8. The van der Waals surface area contributed by atoms with Gasteiger partial charge in [-0.05, 0) is 32.6 Å². The van der Waals surface area contributed by atoms with Crippen molar-refractivity contribution in [1.82, 2.24) is 3.11 Å². The second-order valence-corrected chi connectivity index (χ2v) is 6.12. The molecule has 0 aromatic carbocycles. The van der Waals surface area contributed by atoms with Gasteiger partial charge in [0.25, 0.3) is 0 Å². The second-order valence-electron chi connectivity index (χ2n) is 4.25. The van der Waals surface area contributed by atoms with Crippen molar-refractivity contribution in [3.63, 3.8) is 0 Å². The summed E-state index contributed by atoms with van der Waals surface area (Å²) >= 11 is 4.28. The van der Waals surface area contributed by atoms with Gasteiger partial charge in [-0.1, -0.05) is 6.92 Å². The number of aliphatic hydroxyl groups is 1. The van der Waals surface area contributed by atoms with E-state index in [9.17, 15) is 5.11 Å². The maximum atomic E-state index is 9.24. The van der Waals surface area contributed by atoms with Crippen molar-refractivity contribution in [2.45, 2.75) is 45.8 Å². The molecule has 3 atom stereocenters. The second kappa shape index (κ2) is 9.38. The van der Waals surface area contributed by atoms with E-state index < -0.39 is 0 Å². The molecule has 1 N–H and O–H groups in total. The van der Waals surface area contributed by atoms with Gasteiger partial charge in [0.05, 0.1) is 12.2 Å². The van der Waals surface area contributed by atoms with E-state index in [1.807, 2.05) is 29.9 Å². The Bertz CT molecular complexity index is 158. The van der Waals surface area contributed by atoms with Gasteiger partial charge in [0.15, 0.2) is 0 Å². The average molecular weight is 441 g/mol. The molecule has 0 bridgehead atoms. The molecule has 0 aromatic rings. The molecule has 0 aromatic heterocycles. The highest BCUT2D eigenvalue weighted by molar-refractivity contribution is 14.1. The van der Waals surface area contributed by atoms with E-state index in [-0.39, 0.29) is 12.2 Å². The van der Waals surface area contributed by atoms with Crippen molar-refractivity contribution in [1.29, 1.82) is 0 Å². The summed E-state index contributed by atoms with van der Waals surface area (Å²) < 4.78 is 7.43. The van der Waals surface area contributed by atoms with Crippen LogP contribution in [0.3, 0.4) is 0 Å². The molecule has 92 valence electrons. The van der Waals surface area contributed by atoms with E-state index in [0.29, 0.717) is 5.92 Å². The molecule has 3 nitrogen and oxygen atoms in total. The van der Waals surface area contributed by atoms with Crippen LogP contribution in [0.15, 0.2) is 0 Å². The molecule has 0 saturated heterocycles. The fraction of sp³-hybridized carbons (Fsp3) is 1.00. The molecule has 0 spiro atoms. The fourth-order valence-electron chi connectivity index (χ4n) is 1.46. The average Bonchev–Trinajstić information content (AvgIpc) is 2.13. The quantitative estimate of drug-likeness (QED) is 0.464. The van der Waals surface area contributed by atoms with E-state index in [0.717, 1.165) is 25.9 Å². The summed E-state index contributed by atoms with van der Waals surface area (Å²) in [5.41, 5.74) is 0. The van der Waals surface area contributed by atoms with Crippen LogP contribution in [0.1, 0.15) is 33.6 Å². The predicted molar refractivity (Wildman–Crippen MR) is 80.2 cm³/mol. The van der Waals surface area contributed by atoms with Crippen molar-refractivity contribution in [3.8, 4) is 0 Å². The Labute approximate surface area is 121 Å². The lowest BCUT2D eigenvalue weighted by Gasteiger charge is -2.20. The zero-order valence-electron chi connectivity index (χ0n) is 9.62.